The SMILES string of the molecule is Cc1cc(-c2cccc(OC(F)(F)F)c2)cn(C)c1=O. The van der Waals surface area contributed by atoms with Crippen LogP contribution in [0.3, 0.4) is 0 Å². The second-order valence-corrected chi connectivity index (χ2v) is 4.40. The molecule has 0 unspecified atom stereocenters. The molecule has 0 radical (unpaired) electrons. The quantitative estimate of drug-likeness (QED) is 0.847. The minimum absolute atomic E-state index is 0.142. The van der Waals surface area contributed by atoms with Gasteiger partial charge in [0.2, 0.25) is 0 Å². The number of aromatic nitrogens is 1. The van der Waals surface area contributed by atoms with Crippen LogP contribution in [0, 0.1) is 6.92 Å². The summed E-state index contributed by atoms with van der Waals surface area (Å²) >= 11 is 0. The lowest BCUT2D eigenvalue weighted by atomic mass is 10.1. The molecular weight excluding hydrogens is 271 g/mol. The molecule has 1 heterocycles. The highest BCUT2D eigenvalue weighted by molar-refractivity contribution is 5.64. The maximum Gasteiger partial charge on any atom is 0.573 e. The topological polar surface area (TPSA) is 31.2 Å². The standard InChI is InChI=1S/C14H12F3NO2/c1-9-6-11(8-18(2)13(9)19)10-4-3-5-12(7-10)20-14(15,16)17/h3-8H,1-2H3. The summed E-state index contributed by atoms with van der Waals surface area (Å²) in [4.78, 5) is 11.6. The van der Waals surface area contributed by atoms with Crippen LogP contribution in [-0.4, -0.2) is 10.9 Å². The highest BCUT2D eigenvalue weighted by Crippen LogP contribution is 2.27. The van der Waals surface area contributed by atoms with E-state index in [1.54, 1.807) is 32.3 Å². The molecule has 2 rings (SSSR count). The normalized spacial score (nSPS) is 11.4. The van der Waals surface area contributed by atoms with Crippen molar-refractivity contribution in [2.45, 2.75) is 13.3 Å². The first-order chi connectivity index (χ1) is 9.26. The third-order valence-corrected chi connectivity index (χ3v) is 2.76. The van der Waals surface area contributed by atoms with Crippen LogP contribution in [0.25, 0.3) is 11.1 Å². The van der Waals surface area contributed by atoms with E-state index in [1.807, 2.05) is 0 Å². The van der Waals surface area contributed by atoms with Crippen molar-refractivity contribution in [3.05, 3.63) is 52.4 Å². The van der Waals surface area contributed by atoms with E-state index in [0.717, 1.165) is 0 Å². The third-order valence-electron chi connectivity index (χ3n) is 2.76. The lowest BCUT2D eigenvalue weighted by Crippen LogP contribution is -2.18. The van der Waals surface area contributed by atoms with Crippen molar-refractivity contribution >= 4 is 0 Å². The van der Waals surface area contributed by atoms with Gasteiger partial charge in [-0.2, -0.15) is 0 Å². The van der Waals surface area contributed by atoms with Crippen molar-refractivity contribution in [3.8, 4) is 16.9 Å². The van der Waals surface area contributed by atoms with Gasteiger partial charge in [0.1, 0.15) is 5.75 Å². The minimum Gasteiger partial charge on any atom is -0.406 e. The van der Waals surface area contributed by atoms with Crippen LogP contribution in [0.15, 0.2) is 41.3 Å². The molecule has 0 aliphatic heterocycles. The van der Waals surface area contributed by atoms with Gasteiger partial charge >= 0.3 is 6.36 Å². The lowest BCUT2D eigenvalue weighted by molar-refractivity contribution is -0.274. The Hall–Kier alpha value is -2.24. The number of pyridine rings is 1. The summed E-state index contributed by atoms with van der Waals surface area (Å²) in [6.45, 7) is 1.65. The maximum absolute atomic E-state index is 12.2. The Kier molecular flexibility index (Phi) is 3.57. The first-order valence-electron chi connectivity index (χ1n) is 5.80. The van der Waals surface area contributed by atoms with Gasteiger partial charge in [-0.1, -0.05) is 12.1 Å². The van der Waals surface area contributed by atoms with Gasteiger partial charge in [-0.3, -0.25) is 4.79 Å². The summed E-state index contributed by atoms with van der Waals surface area (Å²) in [5.41, 5.74) is 1.58. The molecule has 1 aromatic carbocycles. The predicted molar refractivity (Wildman–Crippen MR) is 68.5 cm³/mol. The summed E-state index contributed by atoms with van der Waals surface area (Å²) < 4.78 is 41.8. The summed E-state index contributed by atoms with van der Waals surface area (Å²) in [6, 6.07) is 7.27. The number of halogens is 3. The Morgan fingerprint density at radius 2 is 1.85 bits per heavy atom. The van der Waals surface area contributed by atoms with E-state index in [1.165, 1.54) is 22.8 Å². The third kappa shape index (κ3) is 3.20. The molecule has 0 spiro atoms. The van der Waals surface area contributed by atoms with Gasteiger partial charge in [-0.25, -0.2) is 0 Å². The molecule has 20 heavy (non-hydrogen) atoms. The maximum atomic E-state index is 12.2. The summed E-state index contributed by atoms with van der Waals surface area (Å²) in [5, 5.41) is 0. The van der Waals surface area contributed by atoms with Crippen LogP contribution >= 0.6 is 0 Å². The lowest BCUT2D eigenvalue weighted by Gasteiger charge is -2.11. The van der Waals surface area contributed by atoms with Crippen LogP contribution in [0.5, 0.6) is 5.75 Å². The zero-order chi connectivity index (χ0) is 14.9. The first-order valence-corrected chi connectivity index (χ1v) is 5.80. The van der Waals surface area contributed by atoms with Crippen LogP contribution in [0.2, 0.25) is 0 Å². The smallest absolute Gasteiger partial charge is 0.406 e. The molecule has 0 fully saturated rings. The summed E-state index contributed by atoms with van der Waals surface area (Å²) in [7, 11) is 1.59. The number of hydrogen-bond acceptors (Lipinski definition) is 2. The van der Waals surface area contributed by atoms with Gasteiger partial charge in [0, 0.05) is 18.8 Å². The molecule has 0 atom stereocenters. The van der Waals surface area contributed by atoms with Crippen molar-refractivity contribution in [2.75, 3.05) is 0 Å². The fourth-order valence-electron chi connectivity index (χ4n) is 1.91. The number of rotatable bonds is 2. The van der Waals surface area contributed by atoms with Crippen molar-refractivity contribution in [1.82, 2.24) is 4.57 Å². The minimum atomic E-state index is -4.72. The summed E-state index contributed by atoms with van der Waals surface area (Å²) in [6.07, 6.45) is -3.15. The molecule has 106 valence electrons. The number of ether oxygens (including phenoxy) is 1. The highest BCUT2D eigenvalue weighted by atomic mass is 19.4. The number of alkyl halides is 3. The first kappa shape index (κ1) is 14.2. The van der Waals surface area contributed by atoms with Crippen LogP contribution < -0.4 is 10.3 Å². The van der Waals surface area contributed by atoms with Crippen molar-refractivity contribution < 1.29 is 17.9 Å². The molecule has 3 nitrogen and oxygen atoms in total. The Morgan fingerprint density at radius 3 is 2.45 bits per heavy atom. The average molecular weight is 283 g/mol. The van der Waals surface area contributed by atoms with E-state index in [4.69, 9.17) is 0 Å². The number of nitrogens with zero attached hydrogens (tertiary/aromatic N) is 1. The van der Waals surface area contributed by atoms with Crippen molar-refractivity contribution in [1.29, 1.82) is 0 Å². The van der Waals surface area contributed by atoms with E-state index in [-0.39, 0.29) is 11.3 Å². The fraction of sp³-hybridized carbons (Fsp3) is 0.214. The largest absolute Gasteiger partial charge is 0.573 e. The molecule has 0 aliphatic rings. The molecule has 0 N–H and O–H groups in total. The van der Waals surface area contributed by atoms with E-state index in [2.05, 4.69) is 4.74 Å². The summed E-state index contributed by atoms with van der Waals surface area (Å²) in [5.74, 6) is -0.290. The zero-order valence-electron chi connectivity index (χ0n) is 10.9. The number of hydrogen-bond donors (Lipinski definition) is 0. The number of benzene rings is 1. The Labute approximate surface area is 113 Å². The van der Waals surface area contributed by atoms with Gasteiger partial charge in [-0.05, 0) is 36.2 Å². The highest BCUT2D eigenvalue weighted by Gasteiger charge is 2.31. The Bertz CT molecular complexity index is 663. The van der Waals surface area contributed by atoms with Crippen molar-refractivity contribution in [3.63, 3.8) is 0 Å². The van der Waals surface area contributed by atoms with Gasteiger partial charge in [0.05, 0.1) is 0 Å². The van der Waals surface area contributed by atoms with Crippen LogP contribution in [0.4, 0.5) is 13.2 Å². The fourth-order valence-corrected chi connectivity index (χ4v) is 1.91. The Balaban J connectivity index is 2.44. The monoisotopic (exact) mass is 283 g/mol. The molecule has 0 aliphatic carbocycles. The molecule has 0 saturated heterocycles. The molecule has 2 aromatic rings. The average Bonchev–Trinajstić information content (AvgIpc) is 2.33. The predicted octanol–water partition coefficient (Wildman–Crippen LogP) is 3.26. The second-order valence-electron chi connectivity index (χ2n) is 4.40. The van der Waals surface area contributed by atoms with E-state index < -0.39 is 6.36 Å². The zero-order valence-corrected chi connectivity index (χ0v) is 10.9. The van der Waals surface area contributed by atoms with E-state index >= 15 is 0 Å². The molecule has 0 saturated carbocycles. The second kappa shape index (κ2) is 5.03. The van der Waals surface area contributed by atoms with Gasteiger partial charge in [0.25, 0.3) is 5.56 Å². The molecule has 1 aromatic heterocycles. The van der Waals surface area contributed by atoms with Gasteiger partial charge < -0.3 is 9.30 Å². The molecule has 0 bridgehead atoms. The molecular formula is C14H12F3NO2. The molecule has 0 amide bonds. The molecule has 6 heteroatoms. The van der Waals surface area contributed by atoms with E-state index in [9.17, 15) is 18.0 Å². The van der Waals surface area contributed by atoms with E-state index in [0.29, 0.717) is 16.7 Å². The van der Waals surface area contributed by atoms with Crippen LogP contribution in [0.1, 0.15) is 5.56 Å². The van der Waals surface area contributed by atoms with Gasteiger partial charge in [0.15, 0.2) is 0 Å². The van der Waals surface area contributed by atoms with Crippen LogP contribution in [-0.2, 0) is 7.05 Å². The number of aryl methyl sites for hydroxylation is 2. The Morgan fingerprint density at radius 1 is 1.15 bits per heavy atom. The van der Waals surface area contributed by atoms with Crippen molar-refractivity contribution in [2.24, 2.45) is 7.05 Å². The van der Waals surface area contributed by atoms with Gasteiger partial charge in [-0.15, -0.1) is 13.2 Å².